The number of nitriles is 1. The van der Waals surface area contributed by atoms with Gasteiger partial charge < -0.3 is 10.6 Å². The number of hydrogen-bond acceptors (Lipinski definition) is 4. The fourth-order valence-electron chi connectivity index (χ4n) is 1.97. The van der Waals surface area contributed by atoms with Gasteiger partial charge in [0.05, 0.1) is 23.5 Å². The van der Waals surface area contributed by atoms with E-state index in [1.807, 2.05) is 30.3 Å². The van der Waals surface area contributed by atoms with Gasteiger partial charge in [0.15, 0.2) is 0 Å². The summed E-state index contributed by atoms with van der Waals surface area (Å²) < 4.78 is 0. The molecule has 0 spiro atoms. The van der Waals surface area contributed by atoms with Crippen molar-refractivity contribution >= 4 is 11.4 Å². The Balaban J connectivity index is 2.30. The Labute approximate surface area is 113 Å². The normalized spacial score (nSPS) is 9.89. The number of aromatic nitrogens is 1. The van der Waals surface area contributed by atoms with Crippen LogP contribution in [0.25, 0.3) is 0 Å². The molecular weight excluding hydrogens is 236 g/mol. The molecule has 19 heavy (non-hydrogen) atoms. The Hall–Kier alpha value is -2.54. The second-order valence-corrected chi connectivity index (χ2v) is 4.22. The third kappa shape index (κ3) is 3.02. The first-order chi connectivity index (χ1) is 9.24. The van der Waals surface area contributed by atoms with Gasteiger partial charge in [-0.15, -0.1) is 0 Å². The van der Waals surface area contributed by atoms with E-state index in [1.54, 1.807) is 12.3 Å². The van der Waals surface area contributed by atoms with Crippen LogP contribution in [-0.2, 0) is 6.54 Å². The fourth-order valence-corrected chi connectivity index (χ4v) is 1.97. The van der Waals surface area contributed by atoms with Crippen molar-refractivity contribution in [2.45, 2.75) is 13.5 Å². The van der Waals surface area contributed by atoms with Crippen LogP contribution in [0.15, 0.2) is 42.6 Å². The minimum Gasteiger partial charge on any atom is -0.399 e. The number of anilines is 2. The van der Waals surface area contributed by atoms with E-state index < -0.39 is 0 Å². The van der Waals surface area contributed by atoms with E-state index in [0.717, 1.165) is 17.9 Å². The number of nitrogens with two attached hydrogens (primary N) is 1. The number of rotatable bonds is 4. The van der Waals surface area contributed by atoms with Crippen LogP contribution in [0.1, 0.15) is 18.2 Å². The number of nitrogen functional groups attached to an aromatic ring is 1. The molecule has 1 aromatic heterocycles. The number of hydrogen-bond donors (Lipinski definition) is 1. The van der Waals surface area contributed by atoms with Crippen molar-refractivity contribution < 1.29 is 0 Å². The van der Waals surface area contributed by atoms with Crippen LogP contribution in [-0.4, -0.2) is 11.5 Å². The van der Waals surface area contributed by atoms with Gasteiger partial charge in [-0.25, -0.2) is 0 Å². The van der Waals surface area contributed by atoms with Gasteiger partial charge >= 0.3 is 0 Å². The SMILES string of the molecule is CCN(Cc1ccccn1)c1ccc(N)cc1C#N. The second-order valence-electron chi connectivity index (χ2n) is 4.22. The Morgan fingerprint density at radius 3 is 2.79 bits per heavy atom. The standard InChI is InChI=1S/C15H16N4/c1-2-19(11-14-5-3-4-8-18-14)15-7-6-13(17)9-12(15)10-16/h3-9H,2,11,17H2,1H3. The van der Waals surface area contributed by atoms with Crippen molar-refractivity contribution in [1.29, 1.82) is 5.26 Å². The maximum Gasteiger partial charge on any atom is 0.101 e. The molecule has 1 aromatic carbocycles. The summed E-state index contributed by atoms with van der Waals surface area (Å²) in [5.41, 5.74) is 8.79. The lowest BCUT2D eigenvalue weighted by molar-refractivity contribution is 0.808. The van der Waals surface area contributed by atoms with Crippen molar-refractivity contribution in [2.24, 2.45) is 0 Å². The summed E-state index contributed by atoms with van der Waals surface area (Å²) in [5, 5.41) is 9.21. The van der Waals surface area contributed by atoms with Crippen molar-refractivity contribution in [1.82, 2.24) is 4.98 Å². The highest BCUT2D eigenvalue weighted by Crippen LogP contribution is 2.23. The largest absolute Gasteiger partial charge is 0.399 e. The Morgan fingerprint density at radius 1 is 1.32 bits per heavy atom. The summed E-state index contributed by atoms with van der Waals surface area (Å²) in [6, 6.07) is 13.4. The molecule has 0 radical (unpaired) electrons. The van der Waals surface area contributed by atoms with E-state index in [0.29, 0.717) is 17.8 Å². The molecule has 2 rings (SSSR count). The molecule has 2 aromatic rings. The fraction of sp³-hybridized carbons (Fsp3) is 0.200. The highest BCUT2D eigenvalue weighted by molar-refractivity contribution is 5.64. The zero-order chi connectivity index (χ0) is 13.7. The molecule has 0 aliphatic carbocycles. The molecule has 4 heteroatoms. The molecule has 0 bridgehead atoms. The van der Waals surface area contributed by atoms with Crippen LogP contribution in [0.3, 0.4) is 0 Å². The van der Waals surface area contributed by atoms with Gasteiger partial charge in [-0.05, 0) is 37.3 Å². The lowest BCUT2D eigenvalue weighted by Crippen LogP contribution is -2.23. The summed E-state index contributed by atoms with van der Waals surface area (Å²) in [4.78, 5) is 6.43. The minimum absolute atomic E-state index is 0.595. The summed E-state index contributed by atoms with van der Waals surface area (Å²) in [6.07, 6.45) is 1.78. The summed E-state index contributed by atoms with van der Waals surface area (Å²) in [5.74, 6) is 0. The molecule has 0 saturated carbocycles. The quantitative estimate of drug-likeness (QED) is 0.849. The van der Waals surface area contributed by atoms with Crippen LogP contribution in [0, 0.1) is 11.3 Å². The molecule has 0 atom stereocenters. The number of benzene rings is 1. The topological polar surface area (TPSA) is 65.9 Å². The third-order valence-electron chi connectivity index (χ3n) is 2.94. The monoisotopic (exact) mass is 252 g/mol. The van der Waals surface area contributed by atoms with E-state index in [4.69, 9.17) is 5.73 Å². The summed E-state index contributed by atoms with van der Waals surface area (Å²) >= 11 is 0. The van der Waals surface area contributed by atoms with Crippen molar-refractivity contribution in [3.63, 3.8) is 0 Å². The molecule has 96 valence electrons. The van der Waals surface area contributed by atoms with E-state index in [2.05, 4.69) is 22.9 Å². The van der Waals surface area contributed by atoms with Crippen LogP contribution in [0.5, 0.6) is 0 Å². The predicted octanol–water partition coefficient (Wildman–Crippen LogP) is 2.56. The maximum atomic E-state index is 9.21. The molecule has 1 heterocycles. The molecule has 0 unspecified atom stereocenters. The van der Waals surface area contributed by atoms with Crippen molar-refractivity contribution in [2.75, 3.05) is 17.2 Å². The Kier molecular flexibility index (Phi) is 3.99. The van der Waals surface area contributed by atoms with E-state index >= 15 is 0 Å². The number of pyridine rings is 1. The van der Waals surface area contributed by atoms with Gasteiger partial charge in [-0.2, -0.15) is 5.26 Å². The van der Waals surface area contributed by atoms with Crippen molar-refractivity contribution in [3.05, 3.63) is 53.9 Å². The average molecular weight is 252 g/mol. The average Bonchev–Trinajstić information content (AvgIpc) is 2.46. The first-order valence-corrected chi connectivity index (χ1v) is 6.19. The predicted molar refractivity (Wildman–Crippen MR) is 76.5 cm³/mol. The van der Waals surface area contributed by atoms with E-state index in [9.17, 15) is 5.26 Å². The second kappa shape index (κ2) is 5.87. The number of nitrogens with zero attached hydrogens (tertiary/aromatic N) is 3. The summed E-state index contributed by atoms with van der Waals surface area (Å²) in [6.45, 7) is 3.53. The van der Waals surface area contributed by atoms with Gasteiger partial charge in [-0.3, -0.25) is 4.98 Å². The van der Waals surface area contributed by atoms with Crippen LogP contribution in [0.4, 0.5) is 11.4 Å². The lowest BCUT2D eigenvalue weighted by Gasteiger charge is -2.23. The van der Waals surface area contributed by atoms with Gasteiger partial charge in [0, 0.05) is 18.4 Å². The molecular formula is C15H16N4. The van der Waals surface area contributed by atoms with E-state index in [1.165, 1.54) is 0 Å². The minimum atomic E-state index is 0.595. The zero-order valence-electron chi connectivity index (χ0n) is 10.9. The van der Waals surface area contributed by atoms with Crippen molar-refractivity contribution in [3.8, 4) is 6.07 Å². The molecule has 0 amide bonds. The van der Waals surface area contributed by atoms with Gasteiger partial charge in [0.25, 0.3) is 0 Å². The zero-order valence-corrected chi connectivity index (χ0v) is 10.9. The molecule has 0 fully saturated rings. The molecule has 4 nitrogen and oxygen atoms in total. The Morgan fingerprint density at radius 2 is 2.16 bits per heavy atom. The van der Waals surface area contributed by atoms with Gasteiger partial charge in [0.1, 0.15) is 6.07 Å². The third-order valence-corrected chi connectivity index (χ3v) is 2.94. The maximum absolute atomic E-state index is 9.21. The molecule has 0 saturated heterocycles. The van der Waals surface area contributed by atoms with Gasteiger partial charge in [-0.1, -0.05) is 6.07 Å². The first kappa shape index (κ1) is 12.9. The molecule has 0 aliphatic heterocycles. The van der Waals surface area contributed by atoms with Crippen LogP contribution < -0.4 is 10.6 Å². The molecule has 0 aliphatic rings. The Bertz CT molecular complexity index is 587. The highest BCUT2D eigenvalue weighted by Gasteiger charge is 2.11. The smallest absolute Gasteiger partial charge is 0.101 e. The van der Waals surface area contributed by atoms with Crippen LogP contribution >= 0.6 is 0 Å². The lowest BCUT2D eigenvalue weighted by atomic mass is 10.1. The highest BCUT2D eigenvalue weighted by atomic mass is 15.1. The van der Waals surface area contributed by atoms with E-state index in [-0.39, 0.29) is 0 Å². The molecule has 2 N–H and O–H groups in total. The summed E-state index contributed by atoms with van der Waals surface area (Å²) in [7, 11) is 0. The van der Waals surface area contributed by atoms with Crippen LogP contribution in [0.2, 0.25) is 0 Å². The first-order valence-electron chi connectivity index (χ1n) is 6.19. The van der Waals surface area contributed by atoms with Gasteiger partial charge in [0.2, 0.25) is 0 Å².